The monoisotopic (exact) mass is 199 g/mol. The zero-order valence-corrected chi connectivity index (χ0v) is 9.29. The summed E-state index contributed by atoms with van der Waals surface area (Å²) in [6.45, 7) is 6.93. The number of carbonyl (C=O) groups excluding carboxylic acids is 1. The summed E-state index contributed by atoms with van der Waals surface area (Å²) in [5.41, 5.74) is 8.87. The average Bonchev–Trinajstić information content (AvgIpc) is 2.43. The lowest BCUT2D eigenvalue weighted by Gasteiger charge is -2.20. The molecule has 0 spiro atoms. The third-order valence-corrected chi connectivity index (χ3v) is 2.63. The number of hydrogen-bond acceptors (Lipinski definition) is 3. The molecule has 82 valence electrons. The molecule has 0 aromatic heterocycles. The molecule has 1 aliphatic heterocycles. The summed E-state index contributed by atoms with van der Waals surface area (Å²) in [5, 5.41) is 1.72. The first kappa shape index (κ1) is 11.5. The fourth-order valence-corrected chi connectivity index (χ4v) is 1.52. The van der Waals surface area contributed by atoms with Crippen LogP contribution < -0.4 is 11.2 Å². The molecule has 4 heteroatoms. The van der Waals surface area contributed by atoms with E-state index in [9.17, 15) is 4.79 Å². The molecule has 4 nitrogen and oxygen atoms in total. The van der Waals surface area contributed by atoms with Crippen molar-refractivity contribution in [3.8, 4) is 0 Å². The molecule has 0 aromatic carbocycles. The maximum atomic E-state index is 11.5. The smallest absolute Gasteiger partial charge is 0.238 e. The van der Waals surface area contributed by atoms with Crippen LogP contribution in [0.5, 0.6) is 0 Å². The highest BCUT2D eigenvalue weighted by Gasteiger charge is 2.30. The average molecular weight is 199 g/mol. The van der Waals surface area contributed by atoms with Gasteiger partial charge in [-0.3, -0.25) is 9.80 Å². The van der Waals surface area contributed by atoms with Crippen molar-refractivity contribution in [3.05, 3.63) is 0 Å². The second kappa shape index (κ2) is 4.75. The van der Waals surface area contributed by atoms with Gasteiger partial charge >= 0.3 is 0 Å². The Morgan fingerprint density at radius 3 is 2.64 bits per heavy atom. The van der Waals surface area contributed by atoms with Crippen LogP contribution in [0.15, 0.2) is 0 Å². The van der Waals surface area contributed by atoms with Gasteiger partial charge in [-0.15, -0.1) is 0 Å². The lowest BCUT2D eigenvalue weighted by molar-refractivity contribution is -0.129. The molecule has 0 aromatic rings. The number of nitrogens with two attached hydrogens (primary N) is 1. The van der Waals surface area contributed by atoms with Gasteiger partial charge in [0.15, 0.2) is 0 Å². The van der Waals surface area contributed by atoms with Crippen LogP contribution in [0.4, 0.5) is 0 Å². The Morgan fingerprint density at radius 2 is 2.21 bits per heavy atom. The highest BCUT2D eigenvalue weighted by molar-refractivity contribution is 5.78. The van der Waals surface area contributed by atoms with Crippen LogP contribution in [-0.4, -0.2) is 29.5 Å². The molecule has 1 amide bonds. The van der Waals surface area contributed by atoms with E-state index in [-0.39, 0.29) is 11.9 Å². The third-order valence-electron chi connectivity index (χ3n) is 2.63. The van der Waals surface area contributed by atoms with Gasteiger partial charge in [-0.25, -0.2) is 5.43 Å². The molecule has 1 aliphatic rings. The van der Waals surface area contributed by atoms with Gasteiger partial charge in [-0.1, -0.05) is 13.8 Å². The van der Waals surface area contributed by atoms with E-state index in [4.69, 9.17) is 5.73 Å². The zero-order chi connectivity index (χ0) is 10.7. The van der Waals surface area contributed by atoms with Crippen molar-refractivity contribution in [3.63, 3.8) is 0 Å². The van der Waals surface area contributed by atoms with Gasteiger partial charge in [0.1, 0.15) is 0 Å². The van der Waals surface area contributed by atoms with Crippen molar-refractivity contribution in [1.29, 1.82) is 0 Å². The highest BCUT2D eigenvalue weighted by atomic mass is 16.2. The molecule has 2 unspecified atom stereocenters. The van der Waals surface area contributed by atoms with E-state index < -0.39 is 0 Å². The highest BCUT2D eigenvalue weighted by Crippen LogP contribution is 2.15. The quantitative estimate of drug-likeness (QED) is 0.692. The van der Waals surface area contributed by atoms with E-state index in [0.29, 0.717) is 18.4 Å². The number of nitrogens with zero attached hydrogens (tertiary/aromatic N) is 1. The molecule has 0 aliphatic carbocycles. The molecule has 3 N–H and O–H groups in total. The van der Waals surface area contributed by atoms with Gasteiger partial charge in [0.25, 0.3) is 0 Å². The summed E-state index contributed by atoms with van der Waals surface area (Å²) in [5.74, 6) is 0.698. The van der Waals surface area contributed by atoms with Gasteiger partial charge in [0.05, 0.1) is 0 Å². The Hall–Kier alpha value is -0.610. The Kier molecular flexibility index (Phi) is 3.89. The lowest BCUT2D eigenvalue weighted by atomic mass is 10.0. The summed E-state index contributed by atoms with van der Waals surface area (Å²) in [4.78, 5) is 11.5. The summed E-state index contributed by atoms with van der Waals surface area (Å²) < 4.78 is 0. The molecular formula is C10H21N3O. The Balaban J connectivity index is 2.37. The summed E-state index contributed by atoms with van der Waals surface area (Å²) >= 11 is 0. The number of rotatable bonds is 4. The van der Waals surface area contributed by atoms with Crippen LogP contribution >= 0.6 is 0 Å². The molecule has 1 rings (SSSR count). The second-order valence-corrected chi connectivity index (χ2v) is 4.50. The van der Waals surface area contributed by atoms with Gasteiger partial charge < -0.3 is 5.73 Å². The lowest BCUT2D eigenvalue weighted by Crippen LogP contribution is -2.41. The van der Waals surface area contributed by atoms with Crippen LogP contribution in [0.3, 0.4) is 0 Å². The van der Waals surface area contributed by atoms with Crippen molar-refractivity contribution in [2.75, 3.05) is 6.54 Å². The fraction of sp³-hybridized carbons (Fsp3) is 0.900. The molecule has 1 saturated heterocycles. The van der Waals surface area contributed by atoms with Crippen molar-refractivity contribution in [2.24, 2.45) is 11.7 Å². The maximum absolute atomic E-state index is 11.5. The molecular weight excluding hydrogens is 178 g/mol. The molecule has 1 fully saturated rings. The summed E-state index contributed by atoms with van der Waals surface area (Å²) in [6.07, 6.45) is 1.47. The number of hydrogen-bond donors (Lipinski definition) is 2. The van der Waals surface area contributed by atoms with Crippen LogP contribution in [0.2, 0.25) is 0 Å². The van der Waals surface area contributed by atoms with Crippen LogP contribution in [-0.2, 0) is 4.79 Å². The van der Waals surface area contributed by atoms with E-state index in [0.717, 1.165) is 13.0 Å². The third kappa shape index (κ3) is 2.96. The van der Waals surface area contributed by atoms with Crippen LogP contribution in [0.1, 0.15) is 33.6 Å². The van der Waals surface area contributed by atoms with Crippen LogP contribution in [0, 0.1) is 5.92 Å². The Morgan fingerprint density at radius 1 is 1.57 bits per heavy atom. The van der Waals surface area contributed by atoms with Crippen LogP contribution in [0.25, 0.3) is 0 Å². The number of hydrazine groups is 1. The van der Waals surface area contributed by atoms with E-state index in [1.807, 2.05) is 6.92 Å². The minimum Gasteiger partial charge on any atom is -0.328 e. The predicted molar refractivity (Wildman–Crippen MR) is 56.4 cm³/mol. The summed E-state index contributed by atoms with van der Waals surface area (Å²) in [7, 11) is 0. The van der Waals surface area contributed by atoms with Gasteiger partial charge in [-0.05, 0) is 19.3 Å². The molecule has 0 saturated carbocycles. The van der Waals surface area contributed by atoms with Crippen molar-refractivity contribution in [2.45, 2.75) is 45.7 Å². The maximum Gasteiger partial charge on any atom is 0.238 e. The van der Waals surface area contributed by atoms with Crippen molar-refractivity contribution < 1.29 is 4.79 Å². The Labute approximate surface area is 85.8 Å². The van der Waals surface area contributed by atoms with E-state index >= 15 is 0 Å². The fourth-order valence-electron chi connectivity index (χ4n) is 1.52. The molecule has 0 radical (unpaired) electrons. The number of carbonyl (C=O) groups is 1. The van der Waals surface area contributed by atoms with Gasteiger partial charge in [-0.2, -0.15) is 0 Å². The summed E-state index contributed by atoms with van der Waals surface area (Å²) in [6, 6.07) is 0.457. The largest absolute Gasteiger partial charge is 0.328 e. The Bertz CT molecular complexity index is 204. The standard InChI is InChI=1S/C10H21N3O/c1-7(2)9-6-10(14)13(12-9)5-4-8(3)11/h7-9,12H,4-6,11H2,1-3H3. The van der Waals surface area contributed by atoms with E-state index in [1.54, 1.807) is 5.01 Å². The molecule has 2 atom stereocenters. The first-order chi connectivity index (χ1) is 6.50. The minimum atomic E-state index is 0.155. The first-order valence-corrected chi connectivity index (χ1v) is 5.33. The minimum absolute atomic E-state index is 0.155. The van der Waals surface area contributed by atoms with Gasteiger partial charge in [0, 0.05) is 25.0 Å². The van der Waals surface area contributed by atoms with Crippen molar-refractivity contribution in [1.82, 2.24) is 10.4 Å². The zero-order valence-electron chi connectivity index (χ0n) is 9.29. The number of amides is 1. The SMILES string of the molecule is CC(N)CCN1NC(C(C)C)CC1=O. The van der Waals surface area contributed by atoms with Crippen molar-refractivity contribution >= 4 is 5.91 Å². The molecule has 1 heterocycles. The normalized spacial score (nSPS) is 24.8. The molecule has 14 heavy (non-hydrogen) atoms. The first-order valence-electron chi connectivity index (χ1n) is 5.33. The van der Waals surface area contributed by atoms with E-state index in [1.165, 1.54) is 0 Å². The second-order valence-electron chi connectivity index (χ2n) is 4.50. The topological polar surface area (TPSA) is 58.4 Å². The number of nitrogens with one attached hydrogen (secondary N) is 1. The van der Waals surface area contributed by atoms with Gasteiger partial charge in [0.2, 0.25) is 5.91 Å². The predicted octanol–water partition coefficient (Wildman–Crippen LogP) is 0.485. The van der Waals surface area contributed by atoms with E-state index in [2.05, 4.69) is 19.3 Å². The molecule has 0 bridgehead atoms.